The lowest BCUT2D eigenvalue weighted by molar-refractivity contribution is -0.113. The first-order valence-electron chi connectivity index (χ1n) is 10.4. The number of halogens is 2. The molecular weight excluding hydrogens is 509 g/mol. The first-order valence-corrected chi connectivity index (χ1v) is 12.9. The van der Waals surface area contributed by atoms with E-state index in [2.05, 4.69) is 27.8 Å². The number of rotatable bonds is 6. The fourth-order valence-corrected chi connectivity index (χ4v) is 5.77. The number of carbonyl (C=O) groups is 2. The van der Waals surface area contributed by atoms with Gasteiger partial charge in [0.05, 0.1) is 26.0 Å². The highest BCUT2D eigenvalue weighted by Gasteiger charge is 2.13. The van der Waals surface area contributed by atoms with Gasteiger partial charge in [0.15, 0.2) is 4.34 Å². The van der Waals surface area contributed by atoms with Gasteiger partial charge in [-0.2, -0.15) is 0 Å². The molecule has 0 radical (unpaired) electrons. The van der Waals surface area contributed by atoms with Crippen molar-refractivity contribution in [2.75, 3.05) is 16.4 Å². The van der Waals surface area contributed by atoms with Gasteiger partial charge < -0.3 is 10.6 Å². The van der Waals surface area contributed by atoms with Crippen LogP contribution in [-0.4, -0.2) is 22.6 Å². The Kier molecular flexibility index (Phi) is 7.48. The molecule has 0 atom stereocenters. The number of anilines is 2. The Morgan fingerprint density at radius 2 is 1.68 bits per heavy atom. The summed E-state index contributed by atoms with van der Waals surface area (Å²) in [6.07, 6.45) is 0. The van der Waals surface area contributed by atoms with E-state index in [1.165, 1.54) is 34.7 Å². The third-order valence-electron chi connectivity index (χ3n) is 5.08. The number of aryl methyl sites for hydroxylation is 3. The van der Waals surface area contributed by atoms with Crippen LogP contribution in [0.3, 0.4) is 0 Å². The van der Waals surface area contributed by atoms with Crippen LogP contribution in [0.2, 0.25) is 10.0 Å². The number of nitrogens with zero attached hydrogens (tertiary/aromatic N) is 1. The first kappa shape index (κ1) is 24.5. The largest absolute Gasteiger partial charge is 0.325 e. The highest BCUT2D eigenvalue weighted by molar-refractivity contribution is 8.01. The summed E-state index contributed by atoms with van der Waals surface area (Å²) >= 11 is 14.8. The van der Waals surface area contributed by atoms with Crippen LogP contribution in [0, 0.1) is 20.8 Å². The summed E-state index contributed by atoms with van der Waals surface area (Å²) < 4.78 is 1.70. The summed E-state index contributed by atoms with van der Waals surface area (Å²) in [4.78, 5) is 29.7. The summed E-state index contributed by atoms with van der Waals surface area (Å²) in [6, 6.07) is 14.4. The number of thioether (sulfide) groups is 1. The molecule has 0 saturated heterocycles. The minimum atomic E-state index is -0.282. The Morgan fingerprint density at radius 1 is 0.941 bits per heavy atom. The second-order valence-electron chi connectivity index (χ2n) is 7.86. The van der Waals surface area contributed by atoms with Crippen molar-refractivity contribution in [3.05, 3.63) is 80.8 Å². The summed E-state index contributed by atoms with van der Waals surface area (Å²) in [6.45, 7) is 6.03. The smallest absolute Gasteiger partial charge is 0.255 e. The summed E-state index contributed by atoms with van der Waals surface area (Å²) in [5.74, 6) is -0.0997. The monoisotopic (exact) mass is 529 g/mol. The molecule has 34 heavy (non-hydrogen) atoms. The van der Waals surface area contributed by atoms with Crippen LogP contribution >= 0.6 is 46.3 Å². The zero-order chi connectivity index (χ0) is 24.4. The van der Waals surface area contributed by atoms with Crippen LogP contribution in [0.25, 0.3) is 10.2 Å². The molecule has 0 spiro atoms. The maximum atomic E-state index is 12.5. The standard InChI is InChI=1S/C25H21Cl2N3O2S2/c1-13-8-14(2)23(15(3)9-13)30-22(31)12-33-25-29-20-7-5-17(11-21(20)34-25)28-24(32)16-4-6-18(26)19(27)10-16/h4-11H,12H2,1-3H3,(H,28,32)(H,30,31). The number of hydrogen-bond acceptors (Lipinski definition) is 5. The number of amides is 2. The Hall–Kier alpha value is -2.58. The van der Waals surface area contributed by atoms with Crippen molar-refractivity contribution in [1.82, 2.24) is 4.98 Å². The van der Waals surface area contributed by atoms with E-state index in [9.17, 15) is 9.59 Å². The molecule has 5 nitrogen and oxygen atoms in total. The molecule has 2 amide bonds. The second kappa shape index (κ2) is 10.4. The van der Waals surface area contributed by atoms with Crippen LogP contribution in [0.15, 0.2) is 52.9 Å². The van der Waals surface area contributed by atoms with Crippen molar-refractivity contribution in [1.29, 1.82) is 0 Å². The summed E-state index contributed by atoms with van der Waals surface area (Å²) in [7, 11) is 0. The highest BCUT2D eigenvalue weighted by Crippen LogP contribution is 2.32. The molecular formula is C25H21Cl2N3O2S2. The van der Waals surface area contributed by atoms with Crippen LogP contribution in [-0.2, 0) is 4.79 Å². The molecule has 9 heteroatoms. The Bertz CT molecular complexity index is 1400. The van der Waals surface area contributed by atoms with Gasteiger partial charge in [-0.25, -0.2) is 4.98 Å². The predicted octanol–water partition coefficient (Wildman–Crippen LogP) is 7.51. The molecule has 1 aromatic heterocycles. The number of benzene rings is 3. The molecule has 0 aliphatic heterocycles. The van der Waals surface area contributed by atoms with Gasteiger partial charge in [-0.3, -0.25) is 9.59 Å². The van der Waals surface area contributed by atoms with Gasteiger partial charge in [0.1, 0.15) is 0 Å². The van der Waals surface area contributed by atoms with E-state index < -0.39 is 0 Å². The topological polar surface area (TPSA) is 71.1 Å². The van der Waals surface area contributed by atoms with Crippen molar-refractivity contribution in [2.24, 2.45) is 0 Å². The van der Waals surface area contributed by atoms with E-state index in [1.54, 1.807) is 18.2 Å². The minimum absolute atomic E-state index is 0.0751. The van der Waals surface area contributed by atoms with Crippen LogP contribution in [0.1, 0.15) is 27.0 Å². The average Bonchev–Trinajstić information content (AvgIpc) is 3.19. The lowest BCUT2D eigenvalue weighted by Gasteiger charge is -2.12. The van der Waals surface area contributed by atoms with Gasteiger partial charge >= 0.3 is 0 Å². The molecule has 4 aromatic rings. The third kappa shape index (κ3) is 5.73. The molecule has 0 bridgehead atoms. The highest BCUT2D eigenvalue weighted by atomic mass is 35.5. The molecule has 4 rings (SSSR count). The SMILES string of the molecule is Cc1cc(C)c(NC(=O)CSc2nc3ccc(NC(=O)c4ccc(Cl)c(Cl)c4)cc3s2)c(C)c1. The van der Waals surface area contributed by atoms with Crippen LogP contribution in [0.5, 0.6) is 0 Å². The number of nitrogens with one attached hydrogen (secondary N) is 2. The van der Waals surface area contributed by atoms with Gasteiger partial charge in [-0.15, -0.1) is 11.3 Å². The number of thiazole rings is 1. The zero-order valence-electron chi connectivity index (χ0n) is 18.7. The maximum absolute atomic E-state index is 12.5. The van der Waals surface area contributed by atoms with E-state index in [1.807, 2.05) is 32.9 Å². The Balaban J connectivity index is 1.40. The molecule has 174 valence electrons. The first-order chi connectivity index (χ1) is 16.2. The van der Waals surface area contributed by atoms with E-state index in [-0.39, 0.29) is 17.6 Å². The van der Waals surface area contributed by atoms with Crippen molar-refractivity contribution in [2.45, 2.75) is 25.1 Å². The summed E-state index contributed by atoms with van der Waals surface area (Å²) in [5, 5.41) is 6.60. The molecule has 2 N–H and O–H groups in total. The second-order valence-corrected chi connectivity index (χ2v) is 10.9. The van der Waals surface area contributed by atoms with Gasteiger partial charge in [-0.05, 0) is 68.3 Å². The van der Waals surface area contributed by atoms with E-state index in [0.717, 1.165) is 31.4 Å². The molecule has 0 fully saturated rings. The number of carbonyl (C=O) groups excluding carboxylic acids is 2. The quantitative estimate of drug-likeness (QED) is 0.253. The number of fused-ring (bicyclic) bond motifs is 1. The molecule has 0 saturated carbocycles. The lowest BCUT2D eigenvalue weighted by atomic mass is 10.1. The van der Waals surface area contributed by atoms with Crippen molar-refractivity contribution < 1.29 is 9.59 Å². The van der Waals surface area contributed by atoms with Crippen LogP contribution in [0.4, 0.5) is 11.4 Å². The zero-order valence-corrected chi connectivity index (χ0v) is 21.8. The fourth-order valence-electron chi connectivity index (χ4n) is 3.56. The normalized spacial score (nSPS) is 11.0. The van der Waals surface area contributed by atoms with Crippen molar-refractivity contribution in [3.8, 4) is 0 Å². The lowest BCUT2D eigenvalue weighted by Crippen LogP contribution is -2.15. The number of hydrogen-bond donors (Lipinski definition) is 2. The van der Waals surface area contributed by atoms with Crippen LogP contribution < -0.4 is 10.6 Å². The van der Waals surface area contributed by atoms with Crippen molar-refractivity contribution in [3.63, 3.8) is 0 Å². The van der Waals surface area contributed by atoms with Gasteiger partial charge in [-0.1, -0.05) is 52.7 Å². The van der Waals surface area contributed by atoms with E-state index >= 15 is 0 Å². The third-order valence-corrected chi connectivity index (χ3v) is 7.98. The minimum Gasteiger partial charge on any atom is -0.325 e. The molecule has 0 aliphatic carbocycles. The molecule has 0 aliphatic rings. The average molecular weight is 531 g/mol. The fraction of sp³-hybridized carbons (Fsp3) is 0.160. The van der Waals surface area contributed by atoms with E-state index in [4.69, 9.17) is 23.2 Å². The van der Waals surface area contributed by atoms with Gasteiger partial charge in [0.2, 0.25) is 5.91 Å². The summed E-state index contributed by atoms with van der Waals surface area (Å²) in [5.41, 5.74) is 6.00. The molecule has 1 heterocycles. The number of aromatic nitrogens is 1. The Morgan fingerprint density at radius 3 is 2.38 bits per heavy atom. The Labute approximate surface area is 215 Å². The molecule has 3 aromatic carbocycles. The van der Waals surface area contributed by atoms with Gasteiger partial charge in [0, 0.05) is 16.9 Å². The van der Waals surface area contributed by atoms with Gasteiger partial charge in [0.25, 0.3) is 5.91 Å². The van der Waals surface area contributed by atoms with Crippen molar-refractivity contribution >= 4 is 79.7 Å². The van der Waals surface area contributed by atoms with E-state index in [0.29, 0.717) is 21.3 Å². The predicted molar refractivity (Wildman–Crippen MR) is 144 cm³/mol. The molecule has 0 unspecified atom stereocenters. The maximum Gasteiger partial charge on any atom is 0.255 e.